The zero-order chi connectivity index (χ0) is 6.57. The van der Waals surface area contributed by atoms with Crippen LogP contribution in [-0.4, -0.2) is 10.9 Å². The fourth-order valence-electron chi connectivity index (χ4n) is 0.351. The Morgan fingerprint density at radius 1 is 1.78 bits per heavy atom. The van der Waals surface area contributed by atoms with Crippen molar-refractivity contribution in [3.63, 3.8) is 0 Å². The molecule has 48 valence electrons. The summed E-state index contributed by atoms with van der Waals surface area (Å²) in [5.41, 5.74) is 0.424. The molecule has 0 aromatic carbocycles. The molecular formula is C6H11NaO2. The molecule has 0 heterocycles. The van der Waals surface area contributed by atoms with Crippen molar-refractivity contribution in [1.82, 2.24) is 0 Å². The molecule has 0 fully saturated rings. The standard InChI is InChI=1S/C6H10O2.Na.H/c1-3-6(8)5(2)4-7;;/h4,7H,3H2,1-2H3;;/q;+1;-1/b5-4+;;. The predicted octanol–water partition coefficient (Wildman–Crippen LogP) is -1.46. The van der Waals surface area contributed by atoms with E-state index >= 15 is 0 Å². The minimum atomic E-state index is -0.00694. The quantitative estimate of drug-likeness (QED) is 0.288. The van der Waals surface area contributed by atoms with Crippen LogP contribution in [0.15, 0.2) is 11.8 Å². The number of allylic oxidation sites excluding steroid dienone is 1. The number of aliphatic hydroxyl groups excluding tert-OH is 1. The molecule has 0 saturated heterocycles. The Morgan fingerprint density at radius 3 is 2.33 bits per heavy atom. The summed E-state index contributed by atoms with van der Waals surface area (Å²) in [4.78, 5) is 10.5. The van der Waals surface area contributed by atoms with Crippen LogP contribution >= 0.6 is 0 Å². The van der Waals surface area contributed by atoms with Crippen LogP contribution in [0.3, 0.4) is 0 Å². The monoisotopic (exact) mass is 138 g/mol. The SMILES string of the molecule is CCC(=O)/C(C)=C/O.[H-].[Na+]. The van der Waals surface area contributed by atoms with Gasteiger partial charge in [0.1, 0.15) is 0 Å². The first-order valence-corrected chi connectivity index (χ1v) is 2.56. The van der Waals surface area contributed by atoms with Crippen molar-refractivity contribution in [3.05, 3.63) is 11.8 Å². The zero-order valence-electron chi connectivity index (χ0n) is 7.14. The minimum Gasteiger partial charge on any atom is -1.00 e. The van der Waals surface area contributed by atoms with Gasteiger partial charge >= 0.3 is 29.6 Å². The summed E-state index contributed by atoms with van der Waals surface area (Å²) in [5.74, 6) is -0.00694. The summed E-state index contributed by atoms with van der Waals surface area (Å²) in [6, 6.07) is 0. The first kappa shape index (κ1) is 11.9. The largest absolute Gasteiger partial charge is 1.00 e. The van der Waals surface area contributed by atoms with Crippen molar-refractivity contribution < 1.29 is 40.9 Å². The molecule has 0 aliphatic rings. The van der Waals surface area contributed by atoms with Crippen LogP contribution < -0.4 is 29.6 Å². The van der Waals surface area contributed by atoms with Crippen LogP contribution in [0.1, 0.15) is 21.7 Å². The third kappa shape index (κ3) is 4.70. The molecule has 1 N–H and O–H groups in total. The molecule has 3 heteroatoms. The third-order valence-electron chi connectivity index (χ3n) is 0.955. The van der Waals surface area contributed by atoms with Gasteiger partial charge in [-0.2, -0.15) is 0 Å². The molecule has 0 radical (unpaired) electrons. The Hall–Kier alpha value is 0.210. The van der Waals surface area contributed by atoms with Crippen LogP contribution in [0.5, 0.6) is 0 Å². The number of ketones is 1. The van der Waals surface area contributed by atoms with E-state index in [9.17, 15) is 4.79 Å². The topological polar surface area (TPSA) is 37.3 Å². The fraction of sp³-hybridized carbons (Fsp3) is 0.500. The van der Waals surface area contributed by atoms with E-state index in [0.29, 0.717) is 12.0 Å². The molecule has 2 nitrogen and oxygen atoms in total. The van der Waals surface area contributed by atoms with E-state index in [-0.39, 0.29) is 36.8 Å². The van der Waals surface area contributed by atoms with Gasteiger partial charge in [-0.05, 0) is 6.92 Å². The third-order valence-corrected chi connectivity index (χ3v) is 0.955. The smallest absolute Gasteiger partial charge is 1.00 e. The van der Waals surface area contributed by atoms with Crippen molar-refractivity contribution in [3.8, 4) is 0 Å². The minimum absolute atomic E-state index is 0. The van der Waals surface area contributed by atoms with Gasteiger partial charge in [0.05, 0.1) is 6.26 Å². The van der Waals surface area contributed by atoms with E-state index in [4.69, 9.17) is 5.11 Å². The molecule has 0 bridgehead atoms. The molecule has 0 spiro atoms. The first-order valence-electron chi connectivity index (χ1n) is 2.56. The molecule has 0 aromatic rings. The van der Waals surface area contributed by atoms with Crippen LogP contribution in [-0.2, 0) is 4.79 Å². The molecule has 0 unspecified atom stereocenters. The molecule has 0 saturated carbocycles. The van der Waals surface area contributed by atoms with Gasteiger partial charge in [-0.25, -0.2) is 0 Å². The molecule has 9 heavy (non-hydrogen) atoms. The Morgan fingerprint density at radius 2 is 2.22 bits per heavy atom. The number of hydrogen-bond acceptors (Lipinski definition) is 2. The number of hydrogen-bond donors (Lipinski definition) is 1. The predicted molar refractivity (Wildman–Crippen MR) is 32.8 cm³/mol. The number of carbonyl (C=O) groups excluding carboxylic acids is 1. The number of aliphatic hydroxyl groups is 1. The summed E-state index contributed by atoms with van der Waals surface area (Å²) in [7, 11) is 0. The molecule has 0 atom stereocenters. The van der Waals surface area contributed by atoms with Crippen LogP contribution in [0.2, 0.25) is 0 Å². The summed E-state index contributed by atoms with van der Waals surface area (Å²) < 4.78 is 0. The number of carbonyl (C=O) groups is 1. The van der Waals surface area contributed by atoms with Crippen molar-refractivity contribution >= 4 is 5.78 Å². The van der Waals surface area contributed by atoms with Crippen molar-refractivity contribution in [1.29, 1.82) is 0 Å². The second-order valence-electron chi connectivity index (χ2n) is 1.59. The van der Waals surface area contributed by atoms with Crippen molar-refractivity contribution in [2.75, 3.05) is 0 Å². The first-order chi connectivity index (χ1) is 3.72. The Balaban J connectivity index is -0.000000245. The average Bonchev–Trinajstić information content (AvgIpc) is 1.84. The van der Waals surface area contributed by atoms with Gasteiger partial charge in [0.25, 0.3) is 0 Å². The molecule has 0 aliphatic heterocycles. The normalized spacial score (nSPS) is 10.2. The average molecular weight is 138 g/mol. The van der Waals surface area contributed by atoms with Gasteiger partial charge < -0.3 is 6.53 Å². The van der Waals surface area contributed by atoms with Gasteiger partial charge in [0, 0.05) is 12.0 Å². The van der Waals surface area contributed by atoms with E-state index < -0.39 is 0 Å². The van der Waals surface area contributed by atoms with Crippen molar-refractivity contribution in [2.24, 2.45) is 0 Å². The van der Waals surface area contributed by atoms with Crippen LogP contribution in [0, 0.1) is 0 Å². The Labute approximate surface area is 78.7 Å². The maximum atomic E-state index is 10.5. The molecular weight excluding hydrogens is 127 g/mol. The second kappa shape index (κ2) is 6.33. The molecule has 0 rings (SSSR count). The fourth-order valence-corrected chi connectivity index (χ4v) is 0.351. The summed E-state index contributed by atoms with van der Waals surface area (Å²) >= 11 is 0. The van der Waals surface area contributed by atoms with Gasteiger partial charge in [0.2, 0.25) is 0 Å². The molecule has 0 amide bonds. The second-order valence-corrected chi connectivity index (χ2v) is 1.59. The van der Waals surface area contributed by atoms with Gasteiger partial charge in [-0.3, -0.25) is 4.79 Å². The zero-order valence-corrected chi connectivity index (χ0v) is 8.14. The van der Waals surface area contributed by atoms with Gasteiger partial charge in [-0.15, -0.1) is 0 Å². The maximum absolute atomic E-state index is 10.5. The van der Waals surface area contributed by atoms with Gasteiger partial charge in [0.15, 0.2) is 5.78 Å². The maximum Gasteiger partial charge on any atom is 1.00 e. The molecule has 0 aliphatic carbocycles. The van der Waals surface area contributed by atoms with E-state index in [2.05, 4.69) is 0 Å². The Bertz CT molecular complexity index is 123. The van der Waals surface area contributed by atoms with Crippen molar-refractivity contribution in [2.45, 2.75) is 20.3 Å². The van der Waals surface area contributed by atoms with Crippen LogP contribution in [0.4, 0.5) is 0 Å². The van der Waals surface area contributed by atoms with Gasteiger partial charge in [-0.1, -0.05) is 6.92 Å². The number of rotatable bonds is 2. The summed E-state index contributed by atoms with van der Waals surface area (Å²) in [6.07, 6.45) is 1.30. The van der Waals surface area contributed by atoms with E-state index in [1.807, 2.05) is 0 Å². The Kier molecular flexibility index (Phi) is 8.40. The van der Waals surface area contributed by atoms with E-state index in [0.717, 1.165) is 6.26 Å². The van der Waals surface area contributed by atoms with E-state index in [1.54, 1.807) is 13.8 Å². The summed E-state index contributed by atoms with van der Waals surface area (Å²) in [5, 5.41) is 8.25. The van der Waals surface area contributed by atoms with E-state index in [1.165, 1.54) is 0 Å². The molecule has 0 aromatic heterocycles. The summed E-state index contributed by atoms with van der Waals surface area (Å²) in [6.45, 7) is 3.35. The van der Waals surface area contributed by atoms with Crippen LogP contribution in [0.25, 0.3) is 0 Å². The number of Topliss-reactive ketones (excluding diaryl/α,β-unsaturated/α-hetero) is 1.